The number of hydrogen-bond acceptors (Lipinski definition) is 3. The van der Waals surface area contributed by atoms with Crippen LogP contribution in [0.25, 0.3) is 0 Å². The Bertz CT molecular complexity index is 638. The van der Waals surface area contributed by atoms with Gasteiger partial charge in [-0.15, -0.1) is 0 Å². The Kier molecular flexibility index (Phi) is 7.75. The van der Waals surface area contributed by atoms with Crippen LogP contribution in [-0.4, -0.2) is 52.9 Å². The highest BCUT2D eigenvalue weighted by Crippen LogP contribution is 2.27. The fraction of sp³-hybridized carbons (Fsp3) is 0.652. The first-order valence-corrected chi connectivity index (χ1v) is 11.0. The molecule has 1 saturated carbocycles. The summed E-state index contributed by atoms with van der Waals surface area (Å²) in [4.78, 5) is 29.1. The predicted octanol–water partition coefficient (Wildman–Crippen LogP) is 3.75. The third kappa shape index (κ3) is 6.25. The Hall–Kier alpha value is -2.04. The standard InChI is InChI=1S/C23H34N2O3/c26-21-11-7-20(8-12-21)10-14-23(28)25-16-4-15-24(17-18-25)22(27)13-9-19-5-2-1-3-6-19/h7-8,11-12,19,26H,1-6,9-10,13-18H2. The summed E-state index contributed by atoms with van der Waals surface area (Å²) < 4.78 is 0. The van der Waals surface area contributed by atoms with E-state index < -0.39 is 0 Å². The zero-order chi connectivity index (χ0) is 19.8. The van der Waals surface area contributed by atoms with Crippen molar-refractivity contribution in [2.75, 3.05) is 26.2 Å². The van der Waals surface area contributed by atoms with E-state index in [2.05, 4.69) is 0 Å². The number of benzene rings is 1. The number of aryl methyl sites for hydroxylation is 1. The van der Waals surface area contributed by atoms with Crippen LogP contribution in [-0.2, 0) is 16.0 Å². The first-order chi connectivity index (χ1) is 13.6. The minimum atomic E-state index is 0.157. The van der Waals surface area contributed by atoms with Crippen molar-refractivity contribution in [2.24, 2.45) is 5.92 Å². The smallest absolute Gasteiger partial charge is 0.222 e. The number of nitrogens with zero attached hydrogens (tertiary/aromatic N) is 2. The molecule has 3 rings (SSSR count). The fourth-order valence-corrected chi connectivity index (χ4v) is 4.45. The van der Waals surface area contributed by atoms with E-state index in [1.165, 1.54) is 32.1 Å². The van der Waals surface area contributed by atoms with Crippen LogP contribution in [0.2, 0.25) is 0 Å². The Morgan fingerprint density at radius 2 is 1.43 bits per heavy atom. The van der Waals surface area contributed by atoms with Gasteiger partial charge in [0.05, 0.1) is 0 Å². The molecule has 28 heavy (non-hydrogen) atoms. The van der Waals surface area contributed by atoms with Crippen LogP contribution in [0.3, 0.4) is 0 Å². The molecule has 2 amide bonds. The molecule has 1 aromatic rings. The summed E-state index contributed by atoms with van der Waals surface area (Å²) in [5.41, 5.74) is 1.06. The van der Waals surface area contributed by atoms with E-state index in [1.807, 2.05) is 21.9 Å². The minimum Gasteiger partial charge on any atom is -0.508 e. The van der Waals surface area contributed by atoms with Crippen LogP contribution >= 0.6 is 0 Å². The number of carbonyl (C=O) groups is 2. The van der Waals surface area contributed by atoms with E-state index in [0.717, 1.165) is 37.4 Å². The van der Waals surface area contributed by atoms with Gasteiger partial charge in [0.15, 0.2) is 0 Å². The molecule has 5 heteroatoms. The monoisotopic (exact) mass is 386 g/mol. The zero-order valence-corrected chi connectivity index (χ0v) is 16.9. The molecule has 1 aromatic carbocycles. The van der Waals surface area contributed by atoms with Gasteiger partial charge in [-0.25, -0.2) is 0 Å². The normalized spacial score (nSPS) is 18.7. The molecule has 1 saturated heterocycles. The fourth-order valence-electron chi connectivity index (χ4n) is 4.45. The van der Waals surface area contributed by atoms with Gasteiger partial charge in [-0.2, -0.15) is 0 Å². The predicted molar refractivity (Wildman–Crippen MR) is 110 cm³/mol. The maximum atomic E-state index is 12.6. The molecule has 1 heterocycles. The number of amides is 2. The average Bonchev–Trinajstić information content (AvgIpc) is 2.98. The third-order valence-electron chi connectivity index (χ3n) is 6.26. The molecule has 154 valence electrons. The molecule has 0 radical (unpaired) electrons. The highest BCUT2D eigenvalue weighted by molar-refractivity contribution is 5.78. The minimum absolute atomic E-state index is 0.157. The lowest BCUT2D eigenvalue weighted by atomic mass is 9.86. The largest absolute Gasteiger partial charge is 0.508 e. The van der Waals surface area contributed by atoms with Gasteiger partial charge in [-0.05, 0) is 42.9 Å². The quantitative estimate of drug-likeness (QED) is 0.810. The van der Waals surface area contributed by atoms with Crippen molar-refractivity contribution in [1.29, 1.82) is 0 Å². The van der Waals surface area contributed by atoms with Crippen LogP contribution in [0.4, 0.5) is 0 Å². The van der Waals surface area contributed by atoms with Crippen molar-refractivity contribution in [3.8, 4) is 5.75 Å². The Morgan fingerprint density at radius 3 is 2.07 bits per heavy atom. The van der Waals surface area contributed by atoms with Gasteiger partial charge < -0.3 is 14.9 Å². The number of carbonyl (C=O) groups excluding carboxylic acids is 2. The first-order valence-electron chi connectivity index (χ1n) is 11.0. The van der Waals surface area contributed by atoms with Gasteiger partial charge in [-0.3, -0.25) is 9.59 Å². The van der Waals surface area contributed by atoms with Crippen molar-refractivity contribution >= 4 is 11.8 Å². The van der Waals surface area contributed by atoms with Crippen molar-refractivity contribution in [3.63, 3.8) is 0 Å². The van der Waals surface area contributed by atoms with Crippen molar-refractivity contribution in [3.05, 3.63) is 29.8 Å². The summed E-state index contributed by atoms with van der Waals surface area (Å²) in [5, 5.41) is 9.34. The first kappa shape index (κ1) is 20.7. The van der Waals surface area contributed by atoms with Gasteiger partial charge in [0, 0.05) is 39.0 Å². The van der Waals surface area contributed by atoms with E-state index in [9.17, 15) is 14.7 Å². The Morgan fingerprint density at radius 1 is 0.821 bits per heavy atom. The molecule has 1 aliphatic heterocycles. The molecule has 2 fully saturated rings. The average molecular weight is 387 g/mol. The summed E-state index contributed by atoms with van der Waals surface area (Å²) >= 11 is 0. The third-order valence-corrected chi connectivity index (χ3v) is 6.26. The number of rotatable bonds is 6. The summed E-state index contributed by atoms with van der Waals surface area (Å²) in [5.74, 6) is 1.41. The number of hydrogen-bond donors (Lipinski definition) is 1. The molecular formula is C23H34N2O3. The van der Waals surface area contributed by atoms with Gasteiger partial charge in [0.2, 0.25) is 11.8 Å². The highest BCUT2D eigenvalue weighted by Gasteiger charge is 2.23. The molecule has 0 bridgehead atoms. The van der Waals surface area contributed by atoms with Crippen LogP contribution in [0, 0.1) is 5.92 Å². The van der Waals surface area contributed by atoms with E-state index in [1.54, 1.807) is 12.1 Å². The van der Waals surface area contributed by atoms with Gasteiger partial charge in [-0.1, -0.05) is 44.2 Å². The van der Waals surface area contributed by atoms with Gasteiger partial charge in [0.1, 0.15) is 5.75 Å². The molecule has 0 aromatic heterocycles. The molecule has 0 atom stereocenters. The summed E-state index contributed by atoms with van der Waals surface area (Å²) in [6.45, 7) is 2.81. The number of aromatic hydroxyl groups is 1. The molecular weight excluding hydrogens is 352 g/mol. The van der Waals surface area contributed by atoms with Crippen molar-refractivity contribution in [1.82, 2.24) is 9.80 Å². The van der Waals surface area contributed by atoms with Crippen LogP contribution in [0.5, 0.6) is 5.75 Å². The lowest BCUT2D eigenvalue weighted by Crippen LogP contribution is -2.37. The Balaban J connectivity index is 1.40. The maximum Gasteiger partial charge on any atom is 0.222 e. The molecule has 1 aliphatic carbocycles. The second-order valence-electron chi connectivity index (χ2n) is 8.32. The van der Waals surface area contributed by atoms with Crippen molar-refractivity contribution in [2.45, 2.75) is 64.2 Å². The topological polar surface area (TPSA) is 60.9 Å². The summed E-state index contributed by atoms with van der Waals surface area (Å²) in [6.07, 6.45) is 10.3. The van der Waals surface area contributed by atoms with E-state index in [-0.39, 0.29) is 17.6 Å². The van der Waals surface area contributed by atoms with Gasteiger partial charge >= 0.3 is 0 Å². The summed E-state index contributed by atoms with van der Waals surface area (Å²) in [6, 6.07) is 7.03. The van der Waals surface area contributed by atoms with Crippen LogP contribution < -0.4 is 0 Å². The number of phenolic OH excluding ortho intramolecular Hbond substituents is 1. The van der Waals surface area contributed by atoms with Gasteiger partial charge in [0.25, 0.3) is 0 Å². The highest BCUT2D eigenvalue weighted by atomic mass is 16.3. The maximum absolute atomic E-state index is 12.6. The lowest BCUT2D eigenvalue weighted by Gasteiger charge is -2.24. The zero-order valence-electron chi connectivity index (χ0n) is 16.9. The molecule has 0 unspecified atom stereocenters. The second kappa shape index (κ2) is 10.5. The molecule has 5 nitrogen and oxygen atoms in total. The lowest BCUT2D eigenvalue weighted by molar-refractivity contribution is -0.133. The van der Waals surface area contributed by atoms with Crippen LogP contribution in [0.1, 0.15) is 63.4 Å². The Labute approximate surface area is 168 Å². The van der Waals surface area contributed by atoms with E-state index in [4.69, 9.17) is 0 Å². The summed E-state index contributed by atoms with van der Waals surface area (Å²) in [7, 11) is 0. The molecule has 1 N–H and O–H groups in total. The molecule has 0 spiro atoms. The SMILES string of the molecule is O=C(CCc1ccc(O)cc1)N1CCCN(C(=O)CCC2CCCCC2)CC1. The van der Waals surface area contributed by atoms with Crippen LogP contribution in [0.15, 0.2) is 24.3 Å². The van der Waals surface area contributed by atoms with E-state index in [0.29, 0.717) is 32.4 Å². The number of phenols is 1. The molecule has 2 aliphatic rings. The van der Waals surface area contributed by atoms with Crippen molar-refractivity contribution < 1.29 is 14.7 Å². The van der Waals surface area contributed by atoms with E-state index >= 15 is 0 Å². The second-order valence-corrected chi connectivity index (χ2v) is 8.32.